The second-order valence-electron chi connectivity index (χ2n) is 2.86. The molecule has 0 aromatic carbocycles. The van der Waals surface area contributed by atoms with Crippen LogP contribution in [0.3, 0.4) is 0 Å². The third-order valence-corrected chi connectivity index (χ3v) is 1.63. The topological polar surface area (TPSA) is 103 Å². The van der Waals surface area contributed by atoms with Gasteiger partial charge in [0.05, 0.1) is 0 Å². The summed E-state index contributed by atoms with van der Waals surface area (Å²) in [5.41, 5.74) is -0.152. The van der Waals surface area contributed by atoms with E-state index in [4.69, 9.17) is 9.84 Å². The van der Waals surface area contributed by atoms with Crippen molar-refractivity contribution in [3.63, 3.8) is 0 Å². The molecule has 0 aliphatic rings. The van der Waals surface area contributed by atoms with E-state index in [1.54, 1.807) is 7.05 Å². The van der Waals surface area contributed by atoms with Crippen LogP contribution in [0.4, 0.5) is 0 Å². The summed E-state index contributed by atoms with van der Waals surface area (Å²) >= 11 is 0. The van der Waals surface area contributed by atoms with E-state index in [1.165, 1.54) is 23.1 Å². The van der Waals surface area contributed by atoms with Crippen molar-refractivity contribution < 1.29 is 14.6 Å². The number of aromatic nitrogens is 5. The fourth-order valence-electron chi connectivity index (χ4n) is 0.948. The molecule has 8 nitrogen and oxygen atoms in total. The molecule has 0 spiro atoms. The predicted octanol–water partition coefficient (Wildman–Crippen LogP) is 0.0956. The van der Waals surface area contributed by atoms with Gasteiger partial charge >= 0.3 is 12.0 Å². The third-order valence-electron chi connectivity index (χ3n) is 1.63. The summed E-state index contributed by atoms with van der Waals surface area (Å²) in [6.07, 6.45) is 1.47. The maximum Gasteiger partial charge on any atom is 0.356 e. The molecule has 2 aromatic heterocycles. The predicted molar refractivity (Wildman–Crippen MR) is 50.1 cm³/mol. The maximum atomic E-state index is 10.5. The smallest absolute Gasteiger partial charge is 0.356 e. The van der Waals surface area contributed by atoms with Crippen molar-refractivity contribution in [2.75, 3.05) is 0 Å². The van der Waals surface area contributed by atoms with Crippen LogP contribution in [0.5, 0.6) is 11.9 Å². The van der Waals surface area contributed by atoms with Crippen molar-refractivity contribution >= 4 is 5.97 Å². The standard InChI is InChI=1S/C8H7N5O3/c1-13-4-9-8(12-13)16-6-3-2-5(7(14)15)10-11-6/h2-4H,1H3,(H,14,15). The van der Waals surface area contributed by atoms with E-state index in [2.05, 4.69) is 20.3 Å². The zero-order valence-corrected chi connectivity index (χ0v) is 8.23. The first kappa shape index (κ1) is 10.0. The highest BCUT2D eigenvalue weighted by Crippen LogP contribution is 2.12. The van der Waals surface area contributed by atoms with E-state index >= 15 is 0 Å². The van der Waals surface area contributed by atoms with Crippen LogP contribution in [-0.2, 0) is 7.05 Å². The van der Waals surface area contributed by atoms with Crippen molar-refractivity contribution in [3.8, 4) is 11.9 Å². The highest BCUT2D eigenvalue weighted by molar-refractivity contribution is 5.84. The molecule has 0 atom stereocenters. The second kappa shape index (κ2) is 3.93. The highest BCUT2D eigenvalue weighted by Gasteiger charge is 2.07. The average molecular weight is 221 g/mol. The van der Waals surface area contributed by atoms with Crippen LogP contribution < -0.4 is 4.74 Å². The van der Waals surface area contributed by atoms with E-state index in [-0.39, 0.29) is 17.6 Å². The number of rotatable bonds is 3. The molecule has 0 bridgehead atoms. The first-order valence-corrected chi connectivity index (χ1v) is 4.25. The number of aromatic carboxylic acids is 1. The Kier molecular flexibility index (Phi) is 2.46. The lowest BCUT2D eigenvalue weighted by Crippen LogP contribution is -2.02. The Hall–Kier alpha value is -2.51. The third kappa shape index (κ3) is 2.11. The van der Waals surface area contributed by atoms with E-state index in [0.29, 0.717) is 0 Å². The van der Waals surface area contributed by atoms with Crippen LogP contribution >= 0.6 is 0 Å². The van der Waals surface area contributed by atoms with Crippen molar-refractivity contribution in [1.29, 1.82) is 0 Å². The van der Waals surface area contributed by atoms with Gasteiger partial charge in [0.25, 0.3) is 0 Å². The summed E-state index contributed by atoms with van der Waals surface area (Å²) in [6, 6.07) is 2.79. The number of carboxylic acid groups (broad SMARTS) is 1. The average Bonchev–Trinajstić information content (AvgIpc) is 2.65. The number of aryl methyl sites for hydroxylation is 1. The van der Waals surface area contributed by atoms with Crippen LogP contribution in [0.25, 0.3) is 0 Å². The molecule has 1 N–H and O–H groups in total. The van der Waals surface area contributed by atoms with Gasteiger partial charge in [-0.1, -0.05) is 0 Å². The molecule has 82 valence electrons. The Morgan fingerprint density at radius 2 is 2.25 bits per heavy atom. The van der Waals surface area contributed by atoms with Gasteiger partial charge in [-0.05, 0) is 6.07 Å². The van der Waals surface area contributed by atoms with Crippen LogP contribution in [0.15, 0.2) is 18.5 Å². The molecular formula is C8H7N5O3. The Labute approximate surface area is 89.5 Å². The molecule has 2 aromatic rings. The van der Waals surface area contributed by atoms with E-state index < -0.39 is 5.97 Å². The number of nitrogens with zero attached hydrogens (tertiary/aromatic N) is 5. The minimum Gasteiger partial charge on any atom is -0.476 e. The molecule has 0 saturated carbocycles. The van der Waals surface area contributed by atoms with E-state index in [1.807, 2.05) is 0 Å². The van der Waals surface area contributed by atoms with Crippen LogP contribution in [-0.4, -0.2) is 36.0 Å². The van der Waals surface area contributed by atoms with Gasteiger partial charge in [0.15, 0.2) is 5.69 Å². The molecule has 2 heterocycles. The van der Waals surface area contributed by atoms with Crippen LogP contribution in [0, 0.1) is 0 Å². The number of hydrogen-bond acceptors (Lipinski definition) is 6. The van der Waals surface area contributed by atoms with Gasteiger partial charge < -0.3 is 9.84 Å². The molecule has 0 saturated heterocycles. The Morgan fingerprint density at radius 3 is 2.75 bits per heavy atom. The Balaban J connectivity index is 2.14. The van der Waals surface area contributed by atoms with Crippen LogP contribution in [0.1, 0.15) is 10.5 Å². The molecule has 16 heavy (non-hydrogen) atoms. The van der Waals surface area contributed by atoms with Crippen molar-refractivity contribution in [2.24, 2.45) is 7.05 Å². The van der Waals surface area contributed by atoms with Gasteiger partial charge in [0.2, 0.25) is 5.88 Å². The van der Waals surface area contributed by atoms with E-state index in [9.17, 15) is 4.79 Å². The van der Waals surface area contributed by atoms with Gasteiger partial charge in [0, 0.05) is 13.1 Å². The molecule has 2 rings (SSSR count). The molecule has 0 fully saturated rings. The van der Waals surface area contributed by atoms with Crippen molar-refractivity contribution in [3.05, 3.63) is 24.2 Å². The quantitative estimate of drug-likeness (QED) is 0.783. The lowest BCUT2D eigenvalue weighted by Gasteiger charge is -1.98. The zero-order chi connectivity index (χ0) is 11.5. The van der Waals surface area contributed by atoms with Gasteiger partial charge in [-0.15, -0.1) is 15.3 Å². The fourth-order valence-corrected chi connectivity index (χ4v) is 0.948. The molecule has 0 aliphatic heterocycles. The lowest BCUT2D eigenvalue weighted by atomic mass is 10.4. The number of ether oxygens (including phenoxy) is 1. The molecule has 0 aliphatic carbocycles. The van der Waals surface area contributed by atoms with Crippen molar-refractivity contribution in [1.82, 2.24) is 25.0 Å². The van der Waals surface area contributed by atoms with Crippen molar-refractivity contribution in [2.45, 2.75) is 0 Å². The highest BCUT2D eigenvalue weighted by atomic mass is 16.5. The maximum absolute atomic E-state index is 10.5. The number of carboxylic acids is 1. The first-order chi connectivity index (χ1) is 7.65. The largest absolute Gasteiger partial charge is 0.476 e. The van der Waals surface area contributed by atoms with Gasteiger partial charge in [-0.3, -0.25) is 4.68 Å². The normalized spacial score (nSPS) is 10.1. The number of hydrogen-bond donors (Lipinski definition) is 1. The summed E-state index contributed by atoms with van der Waals surface area (Å²) in [4.78, 5) is 14.3. The summed E-state index contributed by atoms with van der Waals surface area (Å²) in [5.74, 6) is -1.01. The molecule has 0 amide bonds. The van der Waals surface area contributed by atoms with Gasteiger partial charge in [0.1, 0.15) is 6.33 Å². The molecule has 0 radical (unpaired) electrons. The lowest BCUT2D eigenvalue weighted by molar-refractivity contribution is 0.0689. The monoisotopic (exact) mass is 221 g/mol. The summed E-state index contributed by atoms with van der Waals surface area (Å²) < 4.78 is 6.59. The minimum absolute atomic E-state index is 0.125. The zero-order valence-electron chi connectivity index (χ0n) is 8.23. The van der Waals surface area contributed by atoms with E-state index in [0.717, 1.165) is 0 Å². The second-order valence-corrected chi connectivity index (χ2v) is 2.86. The molecular weight excluding hydrogens is 214 g/mol. The number of carbonyl (C=O) groups is 1. The summed E-state index contributed by atoms with van der Waals surface area (Å²) in [7, 11) is 1.69. The minimum atomic E-state index is -1.14. The fraction of sp³-hybridized carbons (Fsp3) is 0.125. The Bertz CT molecular complexity index is 507. The van der Waals surface area contributed by atoms with Crippen LogP contribution in [0.2, 0.25) is 0 Å². The molecule has 8 heteroatoms. The summed E-state index contributed by atoms with van der Waals surface area (Å²) in [5, 5.41) is 19.5. The van der Waals surface area contributed by atoms with Gasteiger partial charge in [-0.25, -0.2) is 4.79 Å². The van der Waals surface area contributed by atoms with Gasteiger partial charge in [-0.2, -0.15) is 4.98 Å². The summed E-state index contributed by atoms with van der Waals surface area (Å²) in [6.45, 7) is 0. The Morgan fingerprint density at radius 1 is 1.44 bits per heavy atom. The first-order valence-electron chi connectivity index (χ1n) is 4.25. The molecule has 0 unspecified atom stereocenters. The SMILES string of the molecule is Cn1cnc(Oc2ccc(C(=O)O)nn2)n1.